The van der Waals surface area contributed by atoms with E-state index < -0.39 is 0 Å². The number of rotatable bonds is 5. The zero-order chi connectivity index (χ0) is 18.5. The van der Waals surface area contributed by atoms with Gasteiger partial charge in [0.15, 0.2) is 0 Å². The second-order valence-corrected chi connectivity index (χ2v) is 6.20. The third-order valence-corrected chi connectivity index (χ3v) is 4.43. The second kappa shape index (κ2) is 7.82. The summed E-state index contributed by atoms with van der Waals surface area (Å²) in [5.41, 5.74) is 0.822. The van der Waals surface area contributed by atoms with Crippen molar-refractivity contribution in [1.82, 2.24) is 24.6 Å². The first-order valence-corrected chi connectivity index (χ1v) is 8.60. The highest BCUT2D eigenvalue weighted by atomic mass is 16.2. The van der Waals surface area contributed by atoms with Crippen LogP contribution in [0.3, 0.4) is 0 Å². The van der Waals surface area contributed by atoms with E-state index in [-0.39, 0.29) is 18.4 Å². The average molecular weight is 354 g/mol. The van der Waals surface area contributed by atoms with Gasteiger partial charge in [0.2, 0.25) is 11.9 Å². The van der Waals surface area contributed by atoms with Crippen molar-refractivity contribution in [3.8, 4) is 6.07 Å². The van der Waals surface area contributed by atoms with Crippen molar-refractivity contribution < 1.29 is 4.79 Å². The smallest absolute Gasteiger partial charge is 0.237 e. The number of aromatic nitrogens is 4. The Balaban J connectivity index is 1.70. The van der Waals surface area contributed by atoms with Crippen molar-refractivity contribution in [3.63, 3.8) is 0 Å². The monoisotopic (exact) mass is 354 g/mol. The Kier molecular flexibility index (Phi) is 5.31. The maximum Gasteiger partial charge on any atom is 0.237 e. The SMILES string of the molecule is CC[C@H]1CN(c2ccnc(Nc3cnn(C)c3)n2)CCN1C(=O)CC#N. The lowest BCUT2D eigenvalue weighted by Gasteiger charge is -2.41. The number of amides is 1. The molecular formula is C17H22N8O. The van der Waals surface area contributed by atoms with E-state index in [2.05, 4.69) is 32.2 Å². The molecule has 0 spiro atoms. The number of anilines is 3. The zero-order valence-corrected chi connectivity index (χ0v) is 15.0. The summed E-state index contributed by atoms with van der Waals surface area (Å²) in [6.45, 7) is 4.01. The molecule has 0 aromatic carbocycles. The van der Waals surface area contributed by atoms with Crippen LogP contribution in [-0.4, -0.2) is 56.2 Å². The van der Waals surface area contributed by atoms with E-state index in [1.54, 1.807) is 17.1 Å². The van der Waals surface area contributed by atoms with Crippen molar-refractivity contribution in [2.24, 2.45) is 7.05 Å². The molecule has 3 rings (SSSR count). The largest absolute Gasteiger partial charge is 0.353 e. The minimum absolute atomic E-state index is 0.0663. The van der Waals surface area contributed by atoms with Crippen molar-refractivity contribution in [1.29, 1.82) is 5.26 Å². The molecule has 1 N–H and O–H groups in total. The molecule has 1 fully saturated rings. The van der Waals surface area contributed by atoms with Crippen LogP contribution in [0, 0.1) is 11.3 Å². The van der Waals surface area contributed by atoms with Crippen LogP contribution < -0.4 is 10.2 Å². The van der Waals surface area contributed by atoms with E-state index in [9.17, 15) is 4.79 Å². The second-order valence-electron chi connectivity index (χ2n) is 6.20. The van der Waals surface area contributed by atoms with Gasteiger partial charge in [0.05, 0.1) is 18.0 Å². The van der Waals surface area contributed by atoms with Gasteiger partial charge in [-0.15, -0.1) is 0 Å². The summed E-state index contributed by atoms with van der Waals surface area (Å²) < 4.78 is 1.70. The Morgan fingerprint density at radius 1 is 1.46 bits per heavy atom. The number of hydrogen-bond acceptors (Lipinski definition) is 7. The Morgan fingerprint density at radius 2 is 2.31 bits per heavy atom. The highest BCUT2D eigenvalue weighted by Gasteiger charge is 2.29. The van der Waals surface area contributed by atoms with Gasteiger partial charge in [0.1, 0.15) is 12.2 Å². The number of hydrogen-bond donors (Lipinski definition) is 1. The number of piperazine rings is 1. The highest BCUT2D eigenvalue weighted by Crippen LogP contribution is 2.21. The van der Waals surface area contributed by atoms with Gasteiger partial charge >= 0.3 is 0 Å². The van der Waals surface area contributed by atoms with E-state index in [1.165, 1.54) is 0 Å². The number of aryl methyl sites for hydroxylation is 1. The molecule has 136 valence electrons. The molecule has 9 heteroatoms. The van der Waals surface area contributed by atoms with E-state index in [0.717, 1.165) is 17.9 Å². The molecule has 9 nitrogen and oxygen atoms in total. The van der Waals surface area contributed by atoms with Crippen LogP contribution in [0.15, 0.2) is 24.7 Å². The molecular weight excluding hydrogens is 332 g/mol. The molecule has 1 saturated heterocycles. The van der Waals surface area contributed by atoms with Gasteiger partial charge in [0, 0.05) is 45.1 Å². The fourth-order valence-corrected chi connectivity index (χ4v) is 3.11. The van der Waals surface area contributed by atoms with Gasteiger partial charge in [-0.2, -0.15) is 15.3 Å². The van der Waals surface area contributed by atoms with Crippen molar-refractivity contribution in [3.05, 3.63) is 24.7 Å². The molecule has 3 heterocycles. The molecule has 1 atom stereocenters. The van der Waals surface area contributed by atoms with Crippen LogP contribution in [0.5, 0.6) is 0 Å². The molecule has 0 aliphatic carbocycles. The highest BCUT2D eigenvalue weighted by molar-refractivity contribution is 5.79. The number of nitriles is 1. The molecule has 2 aromatic rings. The van der Waals surface area contributed by atoms with E-state index >= 15 is 0 Å². The number of carbonyl (C=O) groups is 1. The first kappa shape index (κ1) is 17.7. The van der Waals surface area contributed by atoms with Gasteiger partial charge in [-0.05, 0) is 12.5 Å². The predicted octanol–water partition coefficient (Wildman–Crippen LogP) is 1.29. The normalized spacial score (nSPS) is 17.0. The quantitative estimate of drug-likeness (QED) is 0.863. The molecule has 0 radical (unpaired) electrons. The summed E-state index contributed by atoms with van der Waals surface area (Å²) in [5.74, 6) is 1.23. The van der Waals surface area contributed by atoms with Gasteiger partial charge in [-0.25, -0.2) is 4.98 Å². The zero-order valence-electron chi connectivity index (χ0n) is 15.0. The number of nitrogens with one attached hydrogen (secondary N) is 1. The Labute approximate surface area is 152 Å². The molecule has 0 saturated carbocycles. The molecule has 0 bridgehead atoms. The Bertz CT molecular complexity index is 811. The predicted molar refractivity (Wildman–Crippen MR) is 96.8 cm³/mol. The number of carbonyl (C=O) groups excluding carboxylic acids is 1. The maximum absolute atomic E-state index is 12.1. The van der Waals surface area contributed by atoms with Gasteiger partial charge in [0.25, 0.3) is 0 Å². The molecule has 1 amide bonds. The molecule has 1 aliphatic heterocycles. The lowest BCUT2D eigenvalue weighted by atomic mass is 10.1. The molecule has 26 heavy (non-hydrogen) atoms. The fraction of sp³-hybridized carbons (Fsp3) is 0.471. The summed E-state index contributed by atoms with van der Waals surface area (Å²) in [6, 6.07) is 3.89. The summed E-state index contributed by atoms with van der Waals surface area (Å²) in [5, 5.41) is 16.0. The fourth-order valence-electron chi connectivity index (χ4n) is 3.11. The number of nitrogens with zero attached hydrogens (tertiary/aromatic N) is 7. The van der Waals surface area contributed by atoms with Crippen LogP contribution in [0.25, 0.3) is 0 Å². The van der Waals surface area contributed by atoms with Crippen LogP contribution in [0.2, 0.25) is 0 Å². The molecule has 1 aliphatic rings. The van der Waals surface area contributed by atoms with E-state index in [0.29, 0.717) is 25.6 Å². The van der Waals surface area contributed by atoms with Gasteiger partial charge in [-0.1, -0.05) is 6.92 Å². The van der Waals surface area contributed by atoms with E-state index in [1.807, 2.05) is 30.3 Å². The standard InChI is InChI=1S/C17H22N8O/c1-3-14-12-24(8-9-25(14)16(26)4-6-18)15-5-7-19-17(22-15)21-13-10-20-23(2)11-13/h5,7,10-11,14H,3-4,8-9,12H2,1-2H3,(H,19,21,22)/t14-/m0/s1. The Hall–Kier alpha value is -3.15. The topological polar surface area (TPSA) is 103 Å². The maximum atomic E-state index is 12.1. The lowest BCUT2D eigenvalue weighted by molar-refractivity contribution is -0.132. The third kappa shape index (κ3) is 3.91. The minimum atomic E-state index is -0.0966. The lowest BCUT2D eigenvalue weighted by Crippen LogP contribution is -2.55. The molecule has 0 unspecified atom stereocenters. The van der Waals surface area contributed by atoms with Gasteiger partial charge < -0.3 is 15.1 Å². The van der Waals surface area contributed by atoms with Crippen molar-refractivity contribution >= 4 is 23.4 Å². The summed E-state index contributed by atoms with van der Waals surface area (Å²) in [7, 11) is 1.85. The van der Waals surface area contributed by atoms with Crippen molar-refractivity contribution in [2.75, 3.05) is 29.9 Å². The minimum Gasteiger partial charge on any atom is -0.353 e. The first-order chi connectivity index (χ1) is 12.6. The summed E-state index contributed by atoms with van der Waals surface area (Å²) >= 11 is 0. The first-order valence-electron chi connectivity index (χ1n) is 8.60. The van der Waals surface area contributed by atoms with Gasteiger partial charge in [-0.3, -0.25) is 9.48 Å². The van der Waals surface area contributed by atoms with Crippen LogP contribution >= 0.6 is 0 Å². The Morgan fingerprint density at radius 3 is 3.00 bits per heavy atom. The van der Waals surface area contributed by atoms with Crippen molar-refractivity contribution in [2.45, 2.75) is 25.8 Å². The van der Waals surface area contributed by atoms with E-state index in [4.69, 9.17) is 5.26 Å². The third-order valence-electron chi connectivity index (χ3n) is 4.43. The average Bonchev–Trinajstić information content (AvgIpc) is 3.06. The summed E-state index contributed by atoms with van der Waals surface area (Å²) in [4.78, 5) is 24.9. The van der Waals surface area contributed by atoms with Crippen LogP contribution in [0.1, 0.15) is 19.8 Å². The molecule has 2 aromatic heterocycles. The van der Waals surface area contributed by atoms with Crippen LogP contribution in [-0.2, 0) is 11.8 Å². The summed E-state index contributed by atoms with van der Waals surface area (Å²) in [6.07, 6.45) is 6.05. The van der Waals surface area contributed by atoms with Crippen LogP contribution in [0.4, 0.5) is 17.5 Å².